The Morgan fingerprint density at radius 2 is 2.32 bits per heavy atom. The van der Waals surface area contributed by atoms with Crippen molar-refractivity contribution in [1.82, 2.24) is 15.2 Å². The van der Waals surface area contributed by atoms with Crippen LogP contribution in [0.15, 0.2) is 10.2 Å². The molecular formula is C15H19N5OS. The lowest BCUT2D eigenvalue weighted by Gasteiger charge is -2.20. The molecule has 0 radical (unpaired) electrons. The molecule has 3 rings (SSSR count). The van der Waals surface area contributed by atoms with Crippen molar-refractivity contribution < 1.29 is 4.79 Å². The molecule has 0 saturated heterocycles. The molecule has 22 heavy (non-hydrogen) atoms. The largest absolute Gasteiger partial charge is 0.350 e. The van der Waals surface area contributed by atoms with Crippen molar-refractivity contribution in [3.8, 4) is 12.3 Å². The lowest BCUT2D eigenvalue weighted by atomic mass is 10.0. The molecule has 3 heterocycles. The topological polar surface area (TPSA) is 70.0 Å². The molecule has 0 aromatic carbocycles. The maximum absolute atomic E-state index is 12.2. The van der Waals surface area contributed by atoms with Gasteiger partial charge in [0.2, 0.25) is 0 Å². The molecule has 116 valence electrons. The molecule has 0 atom stereocenters. The number of rotatable bonds is 6. The van der Waals surface area contributed by atoms with E-state index in [1.165, 1.54) is 16.2 Å². The second-order valence-corrected chi connectivity index (χ2v) is 6.85. The highest BCUT2D eigenvalue weighted by atomic mass is 32.1. The summed E-state index contributed by atoms with van der Waals surface area (Å²) in [5.74, 6) is 2.50. The minimum absolute atomic E-state index is 0.102. The van der Waals surface area contributed by atoms with E-state index in [9.17, 15) is 4.79 Å². The maximum atomic E-state index is 12.2. The Morgan fingerprint density at radius 3 is 3.05 bits per heavy atom. The standard InChI is InChI=1S/C15H19N5OS/c1-3-4-6-15(18-19-15)7-8-16-13(21)14-17-11-5-9-20(2)10-12(11)22-14/h1H,4-10H2,2H3,(H,16,21). The highest BCUT2D eigenvalue weighted by Crippen LogP contribution is 2.36. The Labute approximate surface area is 134 Å². The van der Waals surface area contributed by atoms with Gasteiger partial charge in [-0.25, -0.2) is 4.98 Å². The summed E-state index contributed by atoms with van der Waals surface area (Å²) in [5.41, 5.74) is 0.732. The normalized spacial score (nSPS) is 18.5. The van der Waals surface area contributed by atoms with E-state index in [0.717, 1.165) is 31.6 Å². The number of nitrogens with zero attached hydrogens (tertiary/aromatic N) is 4. The lowest BCUT2D eigenvalue weighted by molar-refractivity contribution is 0.0951. The molecular weight excluding hydrogens is 298 g/mol. The SMILES string of the molecule is C#CCCC1(CCNC(=O)c2nc3c(s2)CN(C)CC3)N=N1. The van der Waals surface area contributed by atoms with Crippen LogP contribution in [0.4, 0.5) is 0 Å². The van der Waals surface area contributed by atoms with E-state index in [-0.39, 0.29) is 11.6 Å². The molecule has 0 aliphatic carbocycles. The second-order valence-electron chi connectivity index (χ2n) is 5.77. The number of carbonyl (C=O) groups excluding carboxylic acids is 1. The van der Waals surface area contributed by atoms with Crippen LogP contribution in [0, 0.1) is 12.3 Å². The van der Waals surface area contributed by atoms with Gasteiger partial charge in [0.1, 0.15) is 0 Å². The van der Waals surface area contributed by atoms with Gasteiger partial charge in [-0.3, -0.25) is 4.79 Å². The van der Waals surface area contributed by atoms with Gasteiger partial charge in [0.15, 0.2) is 10.7 Å². The summed E-state index contributed by atoms with van der Waals surface area (Å²) < 4.78 is 0. The van der Waals surface area contributed by atoms with E-state index >= 15 is 0 Å². The van der Waals surface area contributed by atoms with Crippen LogP contribution in [-0.2, 0) is 13.0 Å². The molecule has 0 unspecified atom stereocenters. The molecule has 0 spiro atoms. The van der Waals surface area contributed by atoms with Gasteiger partial charge >= 0.3 is 0 Å². The predicted molar refractivity (Wildman–Crippen MR) is 84.8 cm³/mol. The smallest absolute Gasteiger partial charge is 0.280 e. The number of aromatic nitrogens is 1. The van der Waals surface area contributed by atoms with Crippen LogP contribution in [0.25, 0.3) is 0 Å². The summed E-state index contributed by atoms with van der Waals surface area (Å²) in [6.07, 6.45) is 8.30. The van der Waals surface area contributed by atoms with Crippen molar-refractivity contribution in [1.29, 1.82) is 0 Å². The minimum Gasteiger partial charge on any atom is -0.350 e. The van der Waals surface area contributed by atoms with E-state index in [1.807, 2.05) is 0 Å². The Bertz CT molecular complexity index is 639. The summed E-state index contributed by atoms with van der Waals surface area (Å²) in [4.78, 5) is 20.1. The van der Waals surface area contributed by atoms with Crippen LogP contribution < -0.4 is 5.32 Å². The molecule has 1 amide bonds. The molecule has 2 aliphatic rings. The summed E-state index contributed by atoms with van der Waals surface area (Å²) in [6.45, 7) is 2.42. The number of hydrogen-bond donors (Lipinski definition) is 1. The molecule has 6 nitrogen and oxygen atoms in total. The van der Waals surface area contributed by atoms with Crippen LogP contribution in [-0.4, -0.2) is 41.6 Å². The fourth-order valence-electron chi connectivity index (χ4n) is 2.54. The van der Waals surface area contributed by atoms with Crippen molar-refractivity contribution in [3.05, 3.63) is 15.6 Å². The van der Waals surface area contributed by atoms with Crippen molar-refractivity contribution in [2.24, 2.45) is 10.2 Å². The Morgan fingerprint density at radius 1 is 1.50 bits per heavy atom. The number of amides is 1. The van der Waals surface area contributed by atoms with Gasteiger partial charge in [-0.2, -0.15) is 10.2 Å². The molecule has 2 aliphatic heterocycles. The van der Waals surface area contributed by atoms with Crippen LogP contribution in [0.3, 0.4) is 0 Å². The van der Waals surface area contributed by atoms with Crippen molar-refractivity contribution in [2.75, 3.05) is 20.1 Å². The Balaban J connectivity index is 1.50. The van der Waals surface area contributed by atoms with Crippen molar-refractivity contribution >= 4 is 17.2 Å². The van der Waals surface area contributed by atoms with Gasteiger partial charge in [0, 0.05) is 50.2 Å². The third kappa shape index (κ3) is 3.34. The van der Waals surface area contributed by atoms with Gasteiger partial charge < -0.3 is 10.2 Å². The average molecular weight is 317 g/mol. The van der Waals surface area contributed by atoms with Crippen LogP contribution >= 0.6 is 11.3 Å². The molecule has 1 N–H and O–H groups in total. The van der Waals surface area contributed by atoms with E-state index in [4.69, 9.17) is 6.42 Å². The number of nitrogens with one attached hydrogen (secondary N) is 1. The molecule has 1 aromatic heterocycles. The fourth-order valence-corrected chi connectivity index (χ4v) is 3.64. The zero-order valence-corrected chi connectivity index (χ0v) is 13.4. The predicted octanol–water partition coefficient (Wildman–Crippen LogP) is 1.83. The van der Waals surface area contributed by atoms with Gasteiger partial charge in [-0.1, -0.05) is 0 Å². The maximum Gasteiger partial charge on any atom is 0.280 e. The summed E-state index contributed by atoms with van der Waals surface area (Å²) in [6, 6.07) is 0. The lowest BCUT2D eigenvalue weighted by Crippen LogP contribution is -2.28. The number of terminal acetylenes is 1. The third-order valence-electron chi connectivity index (χ3n) is 3.98. The number of thiazole rings is 1. The van der Waals surface area contributed by atoms with E-state index in [0.29, 0.717) is 24.4 Å². The Kier molecular flexibility index (Phi) is 4.23. The average Bonchev–Trinajstić information content (AvgIpc) is 3.14. The second kappa shape index (κ2) is 6.15. The highest BCUT2D eigenvalue weighted by molar-refractivity contribution is 7.13. The third-order valence-corrected chi connectivity index (χ3v) is 5.06. The first-order valence-corrected chi connectivity index (χ1v) is 8.26. The molecule has 0 saturated carbocycles. The molecule has 7 heteroatoms. The van der Waals surface area contributed by atoms with Crippen molar-refractivity contribution in [3.63, 3.8) is 0 Å². The number of hydrogen-bond acceptors (Lipinski definition) is 6. The molecule has 0 fully saturated rings. The molecule has 0 bridgehead atoms. The summed E-state index contributed by atoms with van der Waals surface area (Å²) in [5, 5.41) is 11.6. The first-order valence-electron chi connectivity index (χ1n) is 7.45. The zero-order valence-electron chi connectivity index (χ0n) is 12.6. The minimum atomic E-state index is -0.343. The molecule has 1 aromatic rings. The number of likely N-dealkylation sites (N-methyl/N-ethyl adjacent to an activating group) is 1. The Hall–Kier alpha value is -1.78. The van der Waals surface area contributed by atoms with E-state index in [1.54, 1.807) is 0 Å². The summed E-state index contributed by atoms with van der Waals surface area (Å²) in [7, 11) is 2.08. The quantitative estimate of drug-likeness (QED) is 0.814. The van der Waals surface area contributed by atoms with E-state index < -0.39 is 0 Å². The van der Waals surface area contributed by atoms with Gasteiger partial charge in [-0.05, 0) is 7.05 Å². The van der Waals surface area contributed by atoms with E-state index in [2.05, 4.69) is 38.4 Å². The summed E-state index contributed by atoms with van der Waals surface area (Å²) >= 11 is 1.50. The highest BCUT2D eigenvalue weighted by Gasteiger charge is 2.38. The number of fused-ring (bicyclic) bond motifs is 1. The first kappa shape index (κ1) is 15.1. The van der Waals surface area contributed by atoms with Crippen LogP contribution in [0.1, 0.15) is 39.6 Å². The number of carbonyl (C=O) groups is 1. The monoisotopic (exact) mass is 317 g/mol. The first-order chi connectivity index (χ1) is 10.6. The van der Waals surface area contributed by atoms with Crippen LogP contribution in [0.5, 0.6) is 0 Å². The fraction of sp³-hybridized carbons (Fsp3) is 0.600. The van der Waals surface area contributed by atoms with Crippen molar-refractivity contribution in [2.45, 2.75) is 37.9 Å². The van der Waals surface area contributed by atoms with Gasteiger partial charge in [0.25, 0.3) is 5.91 Å². The van der Waals surface area contributed by atoms with Gasteiger partial charge in [-0.15, -0.1) is 23.7 Å². The van der Waals surface area contributed by atoms with Gasteiger partial charge in [0.05, 0.1) is 5.69 Å². The zero-order chi connectivity index (χ0) is 15.6. The van der Waals surface area contributed by atoms with Crippen LogP contribution in [0.2, 0.25) is 0 Å².